The highest BCUT2D eigenvalue weighted by Crippen LogP contribution is 2.28. The lowest BCUT2D eigenvalue weighted by atomic mass is 9.95. The van der Waals surface area contributed by atoms with Crippen LogP contribution in [0, 0.1) is 5.92 Å². The zero-order valence-corrected chi connectivity index (χ0v) is 12.5. The van der Waals surface area contributed by atoms with Crippen molar-refractivity contribution in [2.24, 2.45) is 5.92 Å². The SMILES string of the molecule is CCCN1C[C@@H]2CC[C@H]1CN(C(=O)c1ccc[nH]c1=O)C2. The Morgan fingerprint density at radius 3 is 2.95 bits per heavy atom. The number of aromatic amines is 1. The molecule has 5 nitrogen and oxygen atoms in total. The van der Waals surface area contributed by atoms with Gasteiger partial charge in [-0.05, 0) is 43.9 Å². The number of hydrogen-bond acceptors (Lipinski definition) is 3. The Bertz CT molecular complexity index is 569. The van der Waals surface area contributed by atoms with Gasteiger partial charge in [0.1, 0.15) is 5.56 Å². The highest BCUT2D eigenvalue weighted by atomic mass is 16.2. The van der Waals surface area contributed by atoms with E-state index in [-0.39, 0.29) is 17.0 Å². The first-order chi connectivity index (χ1) is 10.2. The molecule has 1 N–H and O–H groups in total. The lowest BCUT2D eigenvalue weighted by molar-refractivity contribution is 0.0736. The average molecular weight is 289 g/mol. The van der Waals surface area contributed by atoms with Crippen molar-refractivity contribution in [2.75, 3.05) is 26.2 Å². The smallest absolute Gasteiger partial charge is 0.260 e. The molecule has 5 heteroatoms. The standard InChI is InChI=1S/C16H23N3O2/c1-2-8-18-9-12-5-6-13(18)11-19(10-12)16(21)14-4-3-7-17-15(14)20/h3-4,7,12-13H,2,5-6,8-11H2,1H3,(H,17,20)/t12-,13-/m0/s1. The molecular weight excluding hydrogens is 266 g/mol. The second kappa shape index (κ2) is 6.02. The minimum absolute atomic E-state index is 0.118. The Morgan fingerprint density at radius 2 is 2.19 bits per heavy atom. The highest BCUT2D eigenvalue weighted by molar-refractivity contribution is 5.93. The zero-order chi connectivity index (χ0) is 14.8. The van der Waals surface area contributed by atoms with E-state index in [4.69, 9.17) is 0 Å². The lowest BCUT2D eigenvalue weighted by Gasteiger charge is -2.35. The maximum absolute atomic E-state index is 12.6. The summed E-state index contributed by atoms with van der Waals surface area (Å²) in [6.07, 6.45) is 5.07. The van der Waals surface area contributed by atoms with Crippen LogP contribution in [-0.4, -0.2) is 52.9 Å². The molecule has 0 radical (unpaired) electrons. The summed E-state index contributed by atoms with van der Waals surface area (Å²) >= 11 is 0. The van der Waals surface area contributed by atoms with E-state index < -0.39 is 0 Å². The van der Waals surface area contributed by atoms with Crippen LogP contribution in [0.25, 0.3) is 0 Å². The maximum atomic E-state index is 12.6. The molecule has 3 fully saturated rings. The molecule has 2 bridgehead atoms. The molecule has 3 saturated heterocycles. The zero-order valence-electron chi connectivity index (χ0n) is 12.5. The number of nitrogens with one attached hydrogen (secondary N) is 1. The number of rotatable bonds is 3. The van der Waals surface area contributed by atoms with Crippen molar-refractivity contribution >= 4 is 5.91 Å². The van der Waals surface area contributed by atoms with Gasteiger partial charge in [-0.2, -0.15) is 0 Å². The normalized spacial score (nSPS) is 25.9. The molecule has 21 heavy (non-hydrogen) atoms. The summed E-state index contributed by atoms with van der Waals surface area (Å²) in [6, 6.07) is 3.79. The van der Waals surface area contributed by atoms with E-state index in [0.29, 0.717) is 12.0 Å². The van der Waals surface area contributed by atoms with Crippen LogP contribution in [0.5, 0.6) is 0 Å². The molecule has 4 rings (SSSR count). The van der Waals surface area contributed by atoms with Crippen molar-refractivity contribution in [2.45, 2.75) is 32.2 Å². The van der Waals surface area contributed by atoms with E-state index in [2.05, 4.69) is 16.8 Å². The molecule has 1 amide bonds. The first-order valence-electron chi connectivity index (χ1n) is 7.90. The number of hydrogen-bond donors (Lipinski definition) is 1. The second-order valence-electron chi connectivity index (χ2n) is 6.22. The monoisotopic (exact) mass is 289 g/mol. The molecule has 3 aliphatic rings. The van der Waals surface area contributed by atoms with Gasteiger partial charge in [0.2, 0.25) is 0 Å². The Labute approximate surface area is 124 Å². The number of fused-ring (bicyclic) bond motifs is 4. The van der Waals surface area contributed by atoms with E-state index in [1.54, 1.807) is 18.3 Å². The molecule has 0 aliphatic carbocycles. The molecule has 3 aliphatic heterocycles. The number of aromatic nitrogens is 1. The van der Waals surface area contributed by atoms with Crippen molar-refractivity contribution in [3.8, 4) is 0 Å². The third-order valence-corrected chi connectivity index (χ3v) is 4.67. The molecule has 0 aromatic carbocycles. The largest absolute Gasteiger partial charge is 0.337 e. The third kappa shape index (κ3) is 2.88. The molecule has 1 aromatic heterocycles. The second-order valence-corrected chi connectivity index (χ2v) is 6.22. The molecule has 2 atom stereocenters. The first-order valence-corrected chi connectivity index (χ1v) is 7.90. The van der Waals surface area contributed by atoms with E-state index in [0.717, 1.165) is 32.6 Å². The summed E-state index contributed by atoms with van der Waals surface area (Å²) in [6.45, 7) is 5.93. The van der Waals surface area contributed by atoms with Gasteiger partial charge in [-0.3, -0.25) is 14.5 Å². The molecule has 0 saturated carbocycles. The quantitative estimate of drug-likeness (QED) is 0.913. The van der Waals surface area contributed by atoms with Crippen LogP contribution in [0.4, 0.5) is 0 Å². The summed E-state index contributed by atoms with van der Waals surface area (Å²) in [7, 11) is 0. The summed E-state index contributed by atoms with van der Waals surface area (Å²) in [5, 5.41) is 0. The van der Waals surface area contributed by atoms with Gasteiger partial charge in [-0.25, -0.2) is 0 Å². The van der Waals surface area contributed by atoms with Crippen molar-refractivity contribution in [1.82, 2.24) is 14.8 Å². The Morgan fingerprint density at radius 1 is 1.33 bits per heavy atom. The minimum atomic E-state index is -0.287. The van der Waals surface area contributed by atoms with Crippen LogP contribution in [-0.2, 0) is 0 Å². The van der Waals surface area contributed by atoms with Gasteiger partial charge in [0.05, 0.1) is 0 Å². The number of piperidine rings is 1. The molecule has 0 spiro atoms. The van der Waals surface area contributed by atoms with Crippen molar-refractivity contribution in [3.05, 3.63) is 34.2 Å². The maximum Gasteiger partial charge on any atom is 0.260 e. The van der Waals surface area contributed by atoms with Gasteiger partial charge in [-0.15, -0.1) is 0 Å². The molecule has 114 valence electrons. The van der Waals surface area contributed by atoms with Crippen molar-refractivity contribution in [1.29, 1.82) is 0 Å². The molecule has 0 unspecified atom stereocenters. The van der Waals surface area contributed by atoms with Crippen LogP contribution in [0.2, 0.25) is 0 Å². The minimum Gasteiger partial charge on any atom is -0.337 e. The van der Waals surface area contributed by atoms with Crippen molar-refractivity contribution in [3.63, 3.8) is 0 Å². The van der Waals surface area contributed by atoms with E-state index >= 15 is 0 Å². The predicted molar refractivity (Wildman–Crippen MR) is 81.3 cm³/mol. The first kappa shape index (κ1) is 14.3. The van der Waals surface area contributed by atoms with Crippen LogP contribution in [0.3, 0.4) is 0 Å². The number of H-pyrrole nitrogens is 1. The number of pyridine rings is 1. The van der Waals surface area contributed by atoms with E-state index in [9.17, 15) is 9.59 Å². The number of carbonyl (C=O) groups excluding carboxylic acids is 1. The number of amides is 1. The third-order valence-electron chi connectivity index (χ3n) is 4.67. The van der Waals surface area contributed by atoms with Gasteiger partial charge in [0.25, 0.3) is 11.5 Å². The molecule has 4 heterocycles. The van der Waals surface area contributed by atoms with Crippen LogP contribution < -0.4 is 5.56 Å². The van der Waals surface area contributed by atoms with Gasteiger partial charge < -0.3 is 9.88 Å². The van der Waals surface area contributed by atoms with Gasteiger partial charge >= 0.3 is 0 Å². The van der Waals surface area contributed by atoms with Crippen LogP contribution >= 0.6 is 0 Å². The fraction of sp³-hybridized carbons (Fsp3) is 0.625. The van der Waals surface area contributed by atoms with E-state index in [1.165, 1.54) is 12.8 Å². The topological polar surface area (TPSA) is 56.4 Å². The van der Waals surface area contributed by atoms with Gasteiger partial charge in [-0.1, -0.05) is 6.92 Å². The number of nitrogens with zero attached hydrogens (tertiary/aromatic N) is 2. The van der Waals surface area contributed by atoms with Crippen LogP contribution in [0.1, 0.15) is 36.5 Å². The summed E-state index contributed by atoms with van der Waals surface area (Å²) in [5.74, 6) is 0.425. The lowest BCUT2D eigenvalue weighted by Crippen LogP contribution is -2.45. The highest BCUT2D eigenvalue weighted by Gasteiger charge is 2.36. The average Bonchev–Trinajstić information content (AvgIpc) is 2.79. The fourth-order valence-corrected chi connectivity index (χ4v) is 3.67. The molecular formula is C16H23N3O2. The summed E-state index contributed by atoms with van der Waals surface area (Å²) < 4.78 is 0. The molecule has 1 aromatic rings. The van der Waals surface area contributed by atoms with Crippen molar-refractivity contribution < 1.29 is 4.79 Å². The summed E-state index contributed by atoms with van der Waals surface area (Å²) in [4.78, 5) is 31.5. The number of carbonyl (C=O) groups is 1. The van der Waals surface area contributed by atoms with Gasteiger partial charge in [0, 0.05) is 31.9 Å². The van der Waals surface area contributed by atoms with E-state index in [1.807, 2.05) is 4.90 Å². The Hall–Kier alpha value is -1.62. The van der Waals surface area contributed by atoms with Crippen LogP contribution in [0.15, 0.2) is 23.1 Å². The van der Waals surface area contributed by atoms with Gasteiger partial charge in [0.15, 0.2) is 0 Å². The summed E-state index contributed by atoms with van der Waals surface area (Å²) in [5.41, 5.74) is -0.0228. The fourth-order valence-electron chi connectivity index (χ4n) is 3.67. The predicted octanol–water partition coefficient (Wildman–Crippen LogP) is 1.32. The Balaban J connectivity index is 1.80. The Kier molecular flexibility index (Phi) is 4.10.